The molecule has 1 aliphatic heterocycles. The van der Waals surface area contributed by atoms with Crippen LogP contribution in [0, 0.1) is 12.7 Å². The number of fused-ring (bicyclic) bond motifs is 1. The highest BCUT2D eigenvalue weighted by atomic mass is 35.5. The van der Waals surface area contributed by atoms with Crippen LogP contribution < -0.4 is 9.64 Å². The number of halogens is 2. The van der Waals surface area contributed by atoms with E-state index in [4.69, 9.17) is 4.74 Å². The lowest BCUT2D eigenvalue weighted by molar-refractivity contribution is 0.386. The lowest BCUT2D eigenvalue weighted by atomic mass is 10.1. The Hall–Kier alpha value is -2.38. The van der Waals surface area contributed by atoms with Crippen molar-refractivity contribution >= 4 is 29.3 Å². The van der Waals surface area contributed by atoms with Crippen LogP contribution in [-0.4, -0.2) is 40.6 Å². The summed E-state index contributed by atoms with van der Waals surface area (Å²) in [7, 11) is 1.46. The maximum absolute atomic E-state index is 14.1. The van der Waals surface area contributed by atoms with Gasteiger partial charge < -0.3 is 20.1 Å². The zero-order valence-corrected chi connectivity index (χ0v) is 16.2. The highest BCUT2D eigenvalue weighted by molar-refractivity contribution is 5.91. The van der Waals surface area contributed by atoms with Gasteiger partial charge in [0.2, 0.25) is 0 Å². The number of H-pyrrole nitrogens is 1. The molecule has 2 aromatic heterocycles. The van der Waals surface area contributed by atoms with E-state index in [0.29, 0.717) is 0 Å². The molecule has 1 saturated heterocycles. The van der Waals surface area contributed by atoms with Gasteiger partial charge in [0.05, 0.1) is 12.6 Å². The molecule has 8 heteroatoms. The van der Waals surface area contributed by atoms with E-state index >= 15 is 0 Å². The molecular weight excluding hydrogens is 371 g/mol. The molecule has 0 aliphatic carbocycles. The second-order valence-electron chi connectivity index (χ2n) is 6.43. The SMILES string of the molecule is COc1ccc(-c2cc3nc(C)nc(N4CCCCC4)c3[nH]2)cc1F.Cl.O. The zero-order valence-electron chi connectivity index (χ0n) is 15.4. The summed E-state index contributed by atoms with van der Waals surface area (Å²) in [5.41, 5.74) is 3.37. The Labute approximate surface area is 163 Å². The normalized spacial score (nSPS) is 13.8. The van der Waals surface area contributed by atoms with Crippen molar-refractivity contribution in [3.8, 4) is 17.0 Å². The molecule has 146 valence electrons. The van der Waals surface area contributed by atoms with E-state index in [1.165, 1.54) is 32.4 Å². The van der Waals surface area contributed by atoms with Crippen LogP contribution in [0.3, 0.4) is 0 Å². The van der Waals surface area contributed by atoms with Crippen LogP contribution >= 0.6 is 12.4 Å². The van der Waals surface area contributed by atoms with Crippen LogP contribution in [0.15, 0.2) is 24.3 Å². The first-order chi connectivity index (χ1) is 12.2. The number of hydrogen-bond donors (Lipinski definition) is 1. The van der Waals surface area contributed by atoms with Crippen LogP contribution in [0.25, 0.3) is 22.3 Å². The van der Waals surface area contributed by atoms with Crippen LogP contribution in [0.4, 0.5) is 10.2 Å². The minimum Gasteiger partial charge on any atom is -0.494 e. The van der Waals surface area contributed by atoms with Gasteiger partial charge in [-0.05, 0) is 50.5 Å². The van der Waals surface area contributed by atoms with E-state index < -0.39 is 0 Å². The first-order valence-electron chi connectivity index (χ1n) is 8.62. The average molecular weight is 395 g/mol. The van der Waals surface area contributed by atoms with Gasteiger partial charge in [-0.2, -0.15) is 0 Å². The van der Waals surface area contributed by atoms with Gasteiger partial charge >= 0.3 is 0 Å². The number of anilines is 1. The highest BCUT2D eigenvalue weighted by Gasteiger charge is 2.18. The molecule has 1 aliphatic rings. The van der Waals surface area contributed by atoms with Crippen molar-refractivity contribution in [1.29, 1.82) is 0 Å². The molecule has 27 heavy (non-hydrogen) atoms. The number of aromatic nitrogens is 3. The number of methoxy groups -OCH3 is 1. The van der Waals surface area contributed by atoms with Crippen molar-refractivity contribution in [3.05, 3.63) is 35.9 Å². The molecule has 3 aromatic rings. The van der Waals surface area contributed by atoms with Crippen molar-refractivity contribution in [2.45, 2.75) is 26.2 Å². The third-order valence-corrected chi connectivity index (χ3v) is 4.69. The topological polar surface area (TPSA) is 85.5 Å². The van der Waals surface area contributed by atoms with Gasteiger partial charge in [-0.15, -0.1) is 12.4 Å². The predicted octanol–water partition coefficient (Wildman–Crippen LogP) is 3.67. The third kappa shape index (κ3) is 3.99. The summed E-state index contributed by atoms with van der Waals surface area (Å²) < 4.78 is 19.0. The fourth-order valence-electron chi connectivity index (χ4n) is 3.43. The van der Waals surface area contributed by atoms with E-state index in [2.05, 4.69) is 19.9 Å². The fraction of sp³-hybridized carbons (Fsp3) is 0.368. The van der Waals surface area contributed by atoms with E-state index in [9.17, 15) is 4.39 Å². The van der Waals surface area contributed by atoms with Crippen molar-refractivity contribution in [2.24, 2.45) is 0 Å². The average Bonchev–Trinajstić information content (AvgIpc) is 3.05. The van der Waals surface area contributed by atoms with Gasteiger partial charge in [0, 0.05) is 24.3 Å². The molecule has 0 amide bonds. The molecule has 1 fully saturated rings. The summed E-state index contributed by atoms with van der Waals surface area (Å²) in [6.45, 7) is 3.93. The number of aryl methyl sites for hydroxylation is 1. The summed E-state index contributed by atoms with van der Waals surface area (Å²) in [4.78, 5) is 14.9. The monoisotopic (exact) mass is 394 g/mol. The maximum atomic E-state index is 14.1. The van der Waals surface area contributed by atoms with Crippen molar-refractivity contribution < 1.29 is 14.6 Å². The third-order valence-electron chi connectivity index (χ3n) is 4.69. The number of piperidine rings is 1. The first kappa shape index (κ1) is 20.9. The summed E-state index contributed by atoms with van der Waals surface area (Å²) in [5.74, 6) is 1.56. The summed E-state index contributed by atoms with van der Waals surface area (Å²) in [6.07, 6.45) is 3.63. The van der Waals surface area contributed by atoms with Crippen LogP contribution in [0.5, 0.6) is 5.75 Å². The Morgan fingerprint density at radius 3 is 2.52 bits per heavy atom. The predicted molar refractivity (Wildman–Crippen MR) is 107 cm³/mol. The Morgan fingerprint density at radius 1 is 1.11 bits per heavy atom. The largest absolute Gasteiger partial charge is 0.494 e. The number of hydrogen-bond acceptors (Lipinski definition) is 4. The second kappa shape index (κ2) is 8.54. The Morgan fingerprint density at radius 2 is 1.85 bits per heavy atom. The van der Waals surface area contributed by atoms with Gasteiger partial charge in [0.25, 0.3) is 0 Å². The minimum absolute atomic E-state index is 0. The molecular formula is C19H24ClFN4O2. The lowest BCUT2D eigenvalue weighted by Gasteiger charge is -2.28. The molecule has 6 nitrogen and oxygen atoms in total. The molecule has 3 heterocycles. The van der Waals surface area contributed by atoms with Gasteiger partial charge in [0.1, 0.15) is 11.3 Å². The standard InChI is InChI=1S/C19H21FN4O.ClH.H2O/c1-12-21-16-11-15(13-6-7-17(25-2)14(20)10-13)23-18(16)19(22-12)24-8-4-3-5-9-24;;/h6-7,10-11,23H,3-5,8-9H2,1-2H3;1H;1H2. The Kier molecular flexibility index (Phi) is 6.62. The second-order valence-corrected chi connectivity index (χ2v) is 6.43. The van der Waals surface area contributed by atoms with Crippen molar-refractivity contribution in [2.75, 3.05) is 25.1 Å². The van der Waals surface area contributed by atoms with Crippen molar-refractivity contribution in [3.63, 3.8) is 0 Å². The number of ether oxygens (including phenoxy) is 1. The summed E-state index contributed by atoms with van der Waals surface area (Å²) in [5, 5.41) is 0. The van der Waals surface area contributed by atoms with E-state index in [1.54, 1.807) is 6.07 Å². The number of nitrogens with one attached hydrogen (secondary N) is 1. The van der Waals surface area contributed by atoms with Crippen LogP contribution in [-0.2, 0) is 0 Å². The van der Waals surface area contributed by atoms with E-state index in [-0.39, 0.29) is 29.4 Å². The zero-order chi connectivity index (χ0) is 17.4. The smallest absolute Gasteiger partial charge is 0.165 e. The molecule has 0 bridgehead atoms. The molecule has 0 unspecified atom stereocenters. The highest BCUT2D eigenvalue weighted by Crippen LogP contribution is 2.31. The quantitative estimate of drug-likeness (QED) is 0.734. The van der Waals surface area contributed by atoms with E-state index in [0.717, 1.165) is 47.0 Å². The van der Waals surface area contributed by atoms with E-state index in [1.807, 2.05) is 19.1 Å². The molecule has 0 radical (unpaired) electrons. The molecule has 1 aromatic carbocycles. The number of benzene rings is 1. The van der Waals surface area contributed by atoms with Gasteiger partial charge in [-0.1, -0.05) is 0 Å². The lowest BCUT2D eigenvalue weighted by Crippen LogP contribution is -2.30. The number of rotatable bonds is 3. The molecule has 0 saturated carbocycles. The number of aromatic amines is 1. The molecule has 0 atom stereocenters. The maximum Gasteiger partial charge on any atom is 0.165 e. The first-order valence-corrected chi connectivity index (χ1v) is 8.62. The van der Waals surface area contributed by atoms with Crippen molar-refractivity contribution in [1.82, 2.24) is 15.0 Å². The summed E-state index contributed by atoms with van der Waals surface area (Å²) >= 11 is 0. The van der Waals surface area contributed by atoms with Gasteiger partial charge in [-0.25, -0.2) is 14.4 Å². The van der Waals surface area contributed by atoms with Crippen LogP contribution in [0.1, 0.15) is 25.1 Å². The Balaban J connectivity index is 0.00000131. The molecule has 0 spiro atoms. The van der Waals surface area contributed by atoms with Crippen LogP contribution in [0.2, 0.25) is 0 Å². The fourth-order valence-corrected chi connectivity index (χ4v) is 3.43. The Bertz CT molecular complexity index is 925. The minimum atomic E-state index is -0.378. The summed E-state index contributed by atoms with van der Waals surface area (Å²) in [6, 6.07) is 6.91. The van der Waals surface area contributed by atoms with Gasteiger partial charge in [0.15, 0.2) is 17.4 Å². The number of nitrogens with zero attached hydrogens (tertiary/aromatic N) is 3. The van der Waals surface area contributed by atoms with Gasteiger partial charge in [-0.3, -0.25) is 0 Å². The molecule has 3 N–H and O–H groups in total. The molecule has 4 rings (SSSR count).